The number of carbonyl (C=O) groups is 1. The number of aryl methyl sites for hydroxylation is 1. The zero-order valence-corrected chi connectivity index (χ0v) is 11.4. The second-order valence-corrected chi connectivity index (χ2v) is 6.02. The minimum atomic E-state index is -0.177. The number of amides is 1. The van der Waals surface area contributed by atoms with Crippen LogP contribution in [-0.2, 0) is 0 Å². The maximum absolute atomic E-state index is 11.8. The van der Waals surface area contributed by atoms with Gasteiger partial charge >= 0.3 is 0 Å². The zero-order valence-electron chi connectivity index (χ0n) is 9.03. The number of anilines is 1. The third-order valence-corrected chi connectivity index (χ3v) is 3.89. The number of nitrogens with one attached hydrogen (secondary N) is 1. The molecule has 2 aromatic rings. The first kappa shape index (κ1) is 12.1. The van der Waals surface area contributed by atoms with Gasteiger partial charge in [-0.1, -0.05) is 6.07 Å². The fourth-order valence-corrected chi connectivity index (χ4v) is 2.60. The summed E-state index contributed by atoms with van der Waals surface area (Å²) >= 11 is 4.67. The van der Waals surface area contributed by atoms with Crippen molar-refractivity contribution in [1.82, 2.24) is 0 Å². The maximum Gasteiger partial charge on any atom is 0.265 e. The van der Waals surface area contributed by atoms with Crippen LogP contribution in [0.4, 0.5) is 5.69 Å². The molecule has 1 amide bonds. The van der Waals surface area contributed by atoms with Gasteiger partial charge in [-0.15, -0.1) is 11.3 Å². The molecule has 0 bridgehead atoms. The van der Waals surface area contributed by atoms with Crippen molar-refractivity contribution in [3.8, 4) is 5.75 Å². The Morgan fingerprint density at radius 2 is 2.12 bits per heavy atom. The molecule has 1 aromatic carbocycles. The summed E-state index contributed by atoms with van der Waals surface area (Å²) in [7, 11) is 0. The van der Waals surface area contributed by atoms with Crippen LogP contribution < -0.4 is 5.32 Å². The van der Waals surface area contributed by atoms with Crippen molar-refractivity contribution in [3.05, 3.63) is 44.6 Å². The van der Waals surface area contributed by atoms with Crippen molar-refractivity contribution in [2.45, 2.75) is 6.92 Å². The van der Waals surface area contributed by atoms with E-state index in [9.17, 15) is 9.90 Å². The van der Waals surface area contributed by atoms with Crippen LogP contribution in [0.25, 0.3) is 0 Å². The molecule has 0 atom stereocenters. The van der Waals surface area contributed by atoms with Crippen LogP contribution in [0, 0.1) is 6.92 Å². The number of halogens is 1. The molecule has 0 fully saturated rings. The van der Waals surface area contributed by atoms with Crippen molar-refractivity contribution in [2.75, 3.05) is 5.32 Å². The lowest BCUT2D eigenvalue weighted by Crippen LogP contribution is -2.09. The van der Waals surface area contributed by atoms with Gasteiger partial charge in [-0.25, -0.2) is 0 Å². The van der Waals surface area contributed by atoms with Gasteiger partial charge in [-0.3, -0.25) is 4.79 Å². The first-order chi connectivity index (χ1) is 8.06. The normalized spacial score (nSPS) is 10.2. The van der Waals surface area contributed by atoms with Crippen LogP contribution in [0.1, 0.15) is 15.2 Å². The van der Waals surface area contributed by atoms with Crippen molar-refractivity contribution in [1.29, 1.82) is 0 Å². The SMILES string of the molecule is Cc1ccc(NC(=O)c2ccc(Br)s2)cc1O. The molecule has 2 rings (SSSR count). The number of hydrogen-bond acceptors (Lipinski definition) is 3. The van der Waals surface area contributed by atoms with E-state index >= 15 is 0 Å². The highest BCUT2D eigenvalue weighted by Gasteiger charge is 2.09. The average Bonchev–Trinajstić information content (AvgIpc) is 2.70. The summed E-state index contributed by atoms with van der Waals surface area (Å²) in [6.45, 7) is 1.80. The van der Waals surface area contributed by atoms with Crippen LogP contribution in [0.2, 0.25) is 0 Å². The molecule has 17 heavy (non-hydrogen) atoms. The summed E-state index contributed by atoms with van der Waals surface area (Å²) < 4.78 is 0.911. The zero-order chi connectivity index (χ0) is 12.4. The summed E-state index contributed by atoms with van der Waals surface area (Å²) in [6.07, 6.45) is 0. The summed E-state index contributed by atoms with van der Waals surface area (Å²) in [6, 6.07) is 8.63. The monoisotopic (exact) mass is 311 g/mol. The summed E-state index contributed by atoms with van der Waals surface area (Å²) in [5.41, 5.74) is 1.37. The number of hydrogen-bond donors (Lipinski definition) is 2. The molecule has 88 valence electrons. The highest BCUT2D eigenvalue weighted by molar-refractivity contribution is 9.11. The van der Waals surface area contributed by atoms with Gasteiger partial charge in [-0.2, -0.15) is 0 Å². The van der Waals surface area contributed by atoms with Crippen molar-refractivity contribution in [3.63, 3.8) is 0 Å². The second-order valence-electron chi connectivity index (χ2n) is 3.56. The van der Waals surface area contributed by atoms with Gasteiger partial charge in [0.15, 0.2) is 0 Å². The van der Waals surface area contributed by atoms with Gasteiger partial charge < -0.3 is 10.4 Å². The van der Waals surface area contributed by atoms with E-state index in [2.05, 4.69) is 21.2 Å². The summed E-state index contributed by atoms with van der Waals surface area (Å²) in [5.74, 6) is -0.000821. The Morgan fingerprint density at radius 1 is 1.35 bits per heavy atom. The van der Waals surface area contributed by atoms with Crippen molar-refractivity contribution >= 4 is 38.9 Å². The van der Waals surface area contributed by atoms with Gasteiger partial charge in [0.25, 0.3) is 5.91 Å². The highest BCUT2D eigenvalue weighted by atomic mass is 79.9. The van der Waals surface area contributed by atoms with E-state index in [1.165, 1.54) is 17.4 Å². The molecule has 5 heteroatoms. The number of carbonyl (C=O) groups excluding carboxylic acids is 1. The van der Waals surface area contributed by atoms with Crippen LogP contribution in [0.3, 0.4) is 0 Å². The Bertz CT molecular complexity index is 565. The smallest absolute Gasteiger partial charge is 0.265 e. The lowest BCUT2D eigenvalue weighted by molar-refractivity contribution is 0.103. The lowest BCUT2D eigenvalue weighted by atomic mass is 10.2. The van der Waals surface area contributed by atoms with Crippen LogP contribution in [-0.4, -0.2) is 11.0 Å². The van der Waals surface area contributed by atoms with Crippen molar-refractivity contribution in [2.24, 2.45) is 0 Å². The molecular weight excluding hydrogens is 302 g/mol. The largest absolute Gasteiger partial charge is 0.508 e. The maximum atomic E-state index is 11.8. The predicted molar refractivity (Wildman–Crippen MR) is 72.8 cm³/mol. The Labute approximate surface area is 111 Å². The molecule has 0 aliphatic rings. The van der Waals surface area contributed by atoms with E-state index in [1.54, 1.807) is 25.1 Å². The minimum absolute atomic E-state index is 0.176. The van der Waals surface area contributed by atoms with Gasteiger partial charge in [0.2, 0.25) is 0 Å². The van der Waals surface area contributed by atoms with E-state index in [4.69, 9.17) is 0 Å². The standard InChI is InChI=1S/C12H10BrNO2S/c1-7-2-3-8(6-9(7)15)14-12(16)10-4-5-11(13)17-10/h2-6,15H,1H3,(H,14,16). The number of aromatic hydroxyl groups is 1. The second kappa shape index (κ2) is 4.89. The highest BCUT2D eigenvalue weighted by Crippen LogP contribution is 2.24. The third kappa shape index (κ3) is 2.87. The average molecular weight is 312 g/mol. The topological polar surface area (TPSA) is 49.3 Å². The number of thiophene rings is 1. The molecular formula is C12H10BrNO2S. The number of rotatable bonds is 2. The molecule has 0 aliphatic heterocycles. The lowest BCUT2D eigenvalue weighted by Gasteiger charge is -2.05. The summed E-state index contributed by atoms with van der Waals surface area (Å²) in [5, 5.41) is 12.3. The van der Waals surface area contributed by atoms with E-state index in [1.807, 2.05) is 6.07 Å². The molecule has 0 aliphatic carbocycles. The number of benzene rings is 1. The quantitative estimate of drug-likeness (QED) is 0.886. The van der Waals surface area contributed by atoms with Crippen molar-refractivity contribution < 1.29 is 9.90 Å². The Morgan fingerprint density at radius 3 is 2.71 bits per heavy atom. The van der Waals surface area contributed by atoms with Crippen LogP contribution >= 0.6 is 27.3 Å². The van der Waals surface area contributed by atoms with Gasteiger partial charge in [0.1, 0.15) is 5.75 Å². The van der Waals surface area contributed by atoms with E-state index in [0.29, 0.717) is 10.6 Å². The molecule has 1 aromatic heterocycles. The number of phenolic OH excluding ortho intramolecular Hbond substituents is 1. The molecule has 0 spiro atoms. The molecule has 0 unspecified atom stereocenters. The molecule has 1 heterocycles. The predicted octanol–water partition coefficient (Wildman–Crippen LogP) is 3.78. The van der Waals surface area contributed by atoms with E-state index in [0.717, 1.165) is 9.35 Å². The first-order valence-corrected chi connectivity index (χ1v) is 6.53. The fourth-order valence-electron chi connectivity index (χ4n) is 1.32. The molecule has 0 saturated heterocycles. The molecule has 0 saturated carbocycles. The fraction of sp³-hybridized carbons (Fsp3) is 0.0833. The molecule has 0 radical (unpaired) electrons. The minimum Gasteiger partial charge on any atom is -0.508 e. The van der Waals surface area contributed by atoms with Crippen LogP contribution in [0.15, 0.2) is 34.1 Å². The van der Waals surface area contributed by atoms with Gasteiger partial charge in [0.05, 0.1) is 8.66 Å². The van der Waals surface area contributed by atoms with E-state index < -0.39 is 0 Å². The van der Waals surface area contributed by atoms with Crippen LogP contribution in [0.5, 0.6) is 5.75 Å². The first-order valence-electron chi connectivity index (χ1n) is 4.92. The summed E-state index contributed by atoms with van der Waals surface area (Å²) in [4.78, 5) is 12.4. The Balaban J connectivity index is 2.15. The Hall–Kier alpha value is -1.33. The van der Waals surface area contributed by atoms with Gasteiger partial charge in [-0.05, 0) is 46.6 Å². The Kier molecular flexibility index (Phi) is 3.49. The van der Waals surface area contributed by atoms with Gasteiger partial charge in [0, 0.05) is 11.8 Å². The molecule has 2 N–H and O–H groups in total. The number of phenols is 1. The molecule has 3 nitrogen and oxygen atoms in total. The third-order valence-electron chi connectivity index (χ3n) is 2.26. The van der Waals surface area contributed by atoms with E-state index in [-0.39, 0.29) is 11.7 Å².